The van der Waals surface area contributed by atoms with Crippen LogP contribution in [0, 0.1) is 11.3 Å². The van der Waals surface area contributed by atoms with Crippen LogP contribution in [0.4, 0.5) is 5.82 Å². The van der Waals surface area contributed by atoms with Crippen molar-refractivity contribution in [3.63, 3.8) is 0 Å². The molecule has 1 fully saturated rings. The van der Waals surface area contributed by atoms with Crippen LogP contribution in [0.5, 0.6) is 0 Å². The predicted molar refractivity (Wildman–Crippen MR) is 116 cm³/mol. The first kappa shape index (κ1) is 21.0. The molecule has 29 heavy (non-hydrogen) atoms. The fourth-order valence-corrected chi connectivity index (χ4v) is 4.07. The van der Waals surface area contributed by atoms with Crippen LogP contribution < -0.4 is 10.2 Å². The number of carbonyl (C=O) groups excluding carboxylic acids is 1. The zero-order valence-corrected chi connectivity index (χ0v) is 17.5. The monoisotopic (exact) mass is 393 g/mol. The Hall–Kier alpha value is -2.68. The van der Waals surface area contributed by atoms with Gasteiger partial charge in [0.1, 0.15) is 5.69 Å². The highest BCUT2D eigenvalue weighted by atomic mass is 16.2. The SMILES string of the molecule is CCCN(CCC)c1nc2ccccc2nc1C(C#N)C(=O)NC1CCCCC1. The number of hydrogen-bond donors (Lipinski definition) is 1. The van der Waals surface area contributed by atoms with E-state index in [4.69, 9.17) is 9.97 Å². The summed E-state index contributed by atoms with van der Waals surface area (Å²) >= 11 is 0. The molecule has 1 atom stereocenters. The summed E-state index contributed by atoms with van der Waals surface area (Å²) in [4.78, 5) is 24.8. The van der Waals surface area contributed by atoms with E-state index in [9.17, 15) is 10.1 Å². The van der Waals surface area contributed by atoms with Crippen LogP contribution in [-0.4, -0.2) is 35.0 Å². The molecule has 1 heterocycles. The summed E-state index contributed by atoms with van der Waals surface area (Å²) in [5.41, 5.74) is 1.97. The number of nitriles is 1. The lowest BCUT2D eigenvalue weighted by molar-refractivity contribution is -0.122. The highest BCUT2D eigenvalue weighted by Gasteiger charge is 2.30. The van der Waals surface area contributed by atoms with Gasteiger partial charge in [0.05, 0.1) is 17.1 Å². The van der Waals surface area contributed by atoms with Crippen molar-refractivity contribution >= 4 is 22.8 Å². The number of aromatic nitrogens is 2. The van der Waals surface area contributed by atoms with Crippen molar-refractivity contribution in [1.82, 2.24) is 15.3 Å². The number of amides is 1. The summed E-state index contributed by atoms with van der Waals surface area (Å²) in [5.74, 6) is -0.545. The molecule has 2 aromatic rings. The first-order valence-electron chi connectivity index (χ1n) is 10.9. The van der Waals surface area contributed by atoms with Gasteiger partial charge in [-0.1, -0.05) is 45.2 Å². The Bertz CT molecular complexity index is 863. The molecular formula is C23H31N5O. The van der Waals surface area contributed by atoms with E-state index in [-0.39, 0.29) is 11.9 Å². The lowest BCUT2D eigenvalue weighted by atomic mass is 9.94. The molecule has 1 aromatic heterocycles. The van der Waals surface area contributed by atoms with E-state index >= 15 is 0 Å². The normalized spacial score (nSPS) is 15.6. The van der Waals surface area contributed by atoms with Crippen LogP contribution in [0.2, 0.25) is 0 Å². The number of nitrogens with one attached hydrogen (secondary N) is 1. The Morgan fingerprint density at radius 2 is 1.76 bits per heavy atom. The first-order valence-corrected chi connectivity index (χ1v) is 10.9. The van der Waals surface area contributed by atoms with Crippen molar-refractivity contribution in [3.05, 3.63) is 30.0 Å². The Kier molecular flexibility index (Phi) is 7.40. The molecule has 3 rings (SSSR count). The Morgan fingerprint density at radius 1 is 1.14 bits per heavy atom. The molecule has 1 unspecified atom stereocenters. The zero-order valence-electron chi connectivity index (χ0n) is 17.5. The average Bonchev–Trinajstić information content (AvgIpc) is 2.74. The van der Waals surface area contributed by atoms with Gasteiger partial charge in [-0.3, -0.25) is 4.79 Å². The molecule has 0 saturated heterocycles. The minimum absolute atomic E-state index is 0.159. The smallest absolute Gasteiger partial charge is 0.243 e. The zero-order chi connectivity index (χ0) is 20.6. The number of para-hydroxylation sites is 2. The van der Waals surface area contributed by atoms with E-state index in [0.29, 0.717) is 17.0 Å². The summed E-state index contributed by atoms with van der Waals surface area (Å²) < 4.78 is 0. The molecular weight excluding hydrogens is 362 g/mol. The van der Waals surface area contributed by atoms with Crippen LogP contribution in [0.1, 0.15) is 70.4 Å². The number of nitrogens with zero attached hydrogens (tertiary/aromatic N) is 4. The van der Waals surface area contributed by atoms with Gasteiger partial charge in [-0.05, 0) is 37.8 Å². The van der Waals surface area contributed by atoms with E-state index in [0.717, 1.165) is 57.1 Å². The van der Waals surface area contributed by atoms with Crippen LogP contribution in [-0.2, 0) is 4.79 Å². The second-order valence-corrected chi connectivity index (χ2v) is 7.81. The van der Waals surface area contributed by atoms with Crippen LogP contribution in [0.3, 0.4) is 0 Å². The largest absolute Gasteiger partial charge is 0.355 e. The lowest BCUT2D eigenvalue weighted by Gasteiger charge is -2.27. The summed E-state index contributed by atoms with van der Waals surface area (Å²) in [7, 11) is 0. The van der Waals surface area contributed by atoms with Gasteiger partial charge in [0.15, 0.2) is 11.7 Å². The van der Waals surface area contributed by atoms with Crippen molar-refractivity contribution in [1.29, 1.82) is 5.26 Å². The van der Waals surface area contributed by atoms with Crippen LogP contribution in [0.15, 0.2) is 24.3 Å². The van der Waals surface area contributed by atoms with Gasteiger partial charge < -0.3 is 10.2 Å². The summed E-state index contributed by atoms with van der Waals surface area (Å²) in [5, 5.41) is 13.0. The number of carbonyl (C=O) groups is 1. The maximum atomic E-state index is 13.0. The van der Waals surface area contributed by atoms with Crippen molar-refractivity contribution in [2.45, 2.75) is 70.8 Å². The van der Waals surface area contributed by atoms with Crippen molar-refractivity contribution in [2.75, 3.05) is 18.0 Å². The third kappa shape index (κ3) is 5.03. The summed E-state index contributed by atoms with van der Waals surface area (Å²) in [6.07, 6.45) is 7.36. The second kappa shape index (κ2) is 10.2. The number of hydrogen-bond acceptors (Lipinski definition) is 5. The van der Waals surface area contributed by atoms with Crippen molar-refractivity contribution in [2.24, 2.45) is 0 Å². The number of anilines is 1. The highest BCUT2D eigenvalue weighted by molar-refractivity contribution is 5.89. The fourth-order valence-electron chi connectivity index (χ4n) is 4.07. The molecule has 1 N–H and O–H groups in total. The maximum absolute atomic E-state index is 13.0. The minimum Gasteiger partial charge on any atom is -0.355 e. The van der Waals surface area contributed by atoms with Gasteiger partial charge in [-0.2, -0.15) is 5.26 Å². The number of fused-ring (bicyclic) bond motifs is 1. The van der Waals surface area contributed by atoms with E-state index in [1.807, 2.05) is 24.3 Å². The molecule has 6 heteroatoms. The molecule has 154 valence electrons. The standard InChI is InChI=1S/C23H31N5O/c1-3-14-28(15-4-2)22-21(26-19-12-8-9-13-20(19)27-22)18(16-24)23(29)25-17-10-6-5-7-11-17/h8-9,12-13,17-18H,3-7,10-11,14-15H2,1-2H3,(H,25,29). The molecule has 0 radical (unpaired) electrons. The lowest BCUT2D eigenvalue weighted by Crippen LogP contribution is -2.39. The van der Waals surface area contributed by atoms with E-state index in [1.54, 1.807) is 0 Å². The first-order chi connectivity index (χ1) is 14.2. The Labute approximate surface area is 173 Å². The van der Waals surface area contributed by atoms with Gasteiger partial charge in [0.25, 0.3) is 0 Å². The molecule has 1 aliphatic carbocycles. The van der Waals surface area contributed by atoms with Gasteiger partial charge in [0.2, 0.25) is 5.91 Å². The molecule has 0 bridgehead atoms. The average molecular weight is 394 g/mol. The highest BCUT2D eigenvalue weighted by Crippen LogP contribution is 2.28. The van der Waals surface area contributed by atoms with Crippen LogP contribution >= 0.6 is 0 Å². The van der Waals surface area contributed by atoms with Crippen molar-refractivity contribution in [3.8, 4) is 6.07 Å². The van der Waals surface area contributed by atoms with E-state index < -0.39 is 5.92 Å². The maximum Gasteiger partial charge on any atom is 0.243 e. The topological polar surface area (TPSA) is 81.9 Å². The predicted octanol–water partition coefficient (Wildman–Crippen LogP) is 4.31. The van der Waals surface area contributed by atoms with Crippen molar-refractivity contribution < 1.29 is 4.79 Å². The Balaban J connectivity index is 2.00. The van der Waals surface area contributed by atoms with Gasteiger partial charge in [-0.25, -0.2) is 9.97 Å². The van der Waals surface area contributed by atoms with E-state index in [2.05, 4.69) is 30.1 Å². The molecule has 1 saturated carbocycles. The summed E-state index contributed by atoms with van der Waals surface area (Å²) in [6, 6.07) is 10.0. The van der Waals surface area contributed by atoms with E-state index in [1.165, 1.54) is 6.42 Å². The minimum atomic E-state index is -0.958. The fraction of sp³-hybridized carbons (Fsp3) is 0.565. The number of rotatable bonds is 8. The third-order valence-electron chi connectivity index (χ3n) is 5.48. The molecule has 1 aliphatic rings. The molecule has 0 aliphatic heterocycles. The molecule has 1 amide bonds. The van der Waals surface area contributed by atoms with Gasteiger partial charge in [0, 0.05) is 19.1 Å². The number of benzene rings is 1. The third-order valence-corrected chi connectivity index (χ3v) is 5.48. The quantitative estimate of drug-likeness (QED) is 0.722. The second-order valence-electron chi connectivity index (χ2n) is 7.81. The van der Waals surface area contributed by atoms with Crippen LogP contribution in [0.25, 0.3) is 11.0 Å². The Morgan fingerprint density at radius 3 is 2.34 bits per heavy atom. The molecule has 0 spiro atoms. The van der Waals surface area contributed by atoms with Gasteiger partial charge >= 0.3 is 0 Å². The molecule has 1 aromatic carbocycles. The van der Waals surface area contributed by atoms with Gasteiger partial charge in [-0.15, -0.1) is 0 Å². The summed E-state index contributed by atoms with van der Waals surface area (Å²) in [6.45, 7) is 5.87. The molecule has 6 nitrogen and oxygen atoms in total.